The molecule has 0 unspecified atom stereocenters. The Morgan fingerprint density at radius 3 is 3.00 bits per heavy atom. The first-order valence-corrected chi connectivity index (χ1v) is 9.76. The first kappa shape index (κ1) is 18.0. The summed E-state index contributed by atoms with van der Waals surface area (Å²) in [5.74, 6) is 2.30. The molecule has 2 heterocycles. The molecule has 0 fully saturated rings. The summed E-state index contributed by atoms with van der Waals surface area (Å²) in [5, 5.41) is 7.78. The fourth-order valence-electron chi connectivity index (χ4n) is 2.44. The minimum atomic E-state index is 0.268. The molecular formula is C17H21BrN4O2S. The Morgan fingerprint density at radius 1 is 1.36 bits per heavy atom. The van der Waals surface area contributed by atoms with Crippen LogP contribution in [0.15, 0.2) is 27.8 Å². The molecule has 0 spiro atoms. The van der Waals surface area contributed by atoms with Crippen molar-refractivity contribution >= 4 is 33.2 Å². The second-order valence-electron chi connectivity index (χ2n) is 5.49. The zero-order chi connectivity index (χ0) is 17.6. The number of benzene rings is 1. The van der Waals surface area contributed by atoms with E-state index in [4.69, 9.17) is 9.47 Å². The third kappa shape index (κ3) is 4.64. The van der Waals surface area contributed by atoms with Crippen LogP contribution in [0.5, 0.6) is 11.5 Å². The molecule has 25 heavy (non-hydrogen) atoms. The Hall–Kier alpha value is -1.80. The van der Waals surface area contributed by atoms with Gasteiger partial charge < -0.3 is 20.1 Å². The van der Waals surface area contributed by atoms with Crippen molar-refractivity contribution in [1.29, 1.82) is 0 Å². The van der Waals surface area contributed by atoms with Crippen LogP contribution in [0.4, 0.5) is 0 Å². The lowest BCUT2D eigenvalue weighted by molar-refractivity contribution is 0.173. The van der Waals surface area contributed by atoms with Gasteiger partial charge in [-0.05, 0) is 40.0 Å². The summed E-state index contributed by atoms with van der Waals surface area (Å²) >= 11 is 5.29. The highest BCUT2D eigenvalue weighted by atomic mass is 79.9. The second-order valence-corrected chi connectivity index (χ2v) is 7.54. The lowest BCUT2D eigenvalue weighted by atomic mass is 10.2. The molecule has 3 rings (SSSR count). The van der Waals surface area contributed by atoms with Gasteiger partial charge in [0.1, 0.15) is 0 Å². The highest BCUT2D eigenvalue weighted by Crippen LogP contribution is 2.39. The van der Waals surface area contributed by atoms with Gasteiger partial charge in [0.05, 0.1) is 9.48 Å². The summed E-state index contributed by atoms with van der Waals surface area (Å²) in [5.41, 5.74) is 1.09. The molecule has 0 atom stereocenters. The Bertz CT molecular complexity index is 763. The maximum atomic E-state index is 5.45. The van der Waals surface area contributed by atoms with Crippen LogP contribution in [-0.4, -0.2) is 31.3 Å². The molecule has 2 N–H and O–H groups in total. The second kappa shape index (κ2) is 8.53. The molecule has 0 aliphatic carbocycles. The van der Waals surface area contributed by atoms with E-state index in [9.17, 15) is 0 Å². The number of rotatable bonds is 6. The van der Waals surface area contributed by atoms with E-state index in [0.717, 1.165) is 51.9 Å². The molecule has 0 amide bonds. The van der Waals surface area contributed by atoms with Crippen LogP contribution in [0.2, 0.25) is 0 Å². The quantitative estimate of drug-likeness (QED) is 0.550. The van der Waals surface area contributed by atoms with E-state index in [0.29, 0.717) is 6.54 Å². The average Bonchev–Trinajstić information content (AvgIpc) is 3.27. The van der Waals surface area contributed by atoms with E-state index >= 15 is 0 Å². The highest BCUT2D eigenvalue weighted by molar-refractivity contribution is 9.10. The Balaban J connectivity index is 1.48. The fraction of sp³-hybridized carbons (Fsp3) is 0.412. The van der Waals surface area contributed by atoms with Crippen molar-refractivity contribution in [3.63, 3.8) is 0 Å². The molecule has 1 aliphatic heterocycles. The molecule has 6 nitrogen and oxygen atoms in total. The molecule has 134 valence electrons. The summed E-state index contributed by atoms with van der Waals surface area (Å²) in [7, 11) is 1.77. The topological polar surface area (TPSA) is 67.8 Å². The molecule has 2 aromatic rings. The number of nitrogens with zero attached hydrogens (tertiary/aromatic N) is 2. The number of aliphatic imine (C=N–C) groups is 1. The zero-order valence-electron chi connectivity index (χ0n) is 14.3. The Kier molecular flexibility index (Phi) is 6.14. The number of nitrogens with one attached hydrogen (secondary N) is 2. The predicted molar refractivity (Wildman–Crippen MR) is 104 cm³/mol. The van der Waals surface area contributed by atoms with E-state index in [-0.39, 0.29) is 6.79 Å². The number of hydrogen-bond donors (Lipinski definition) is 2. The minimum Gasteiger partial charge on any atom is -0.454 e. The van der Waals surface area contributed by atoms with Crippen molar-refractivity contribution in [2.24, 2.45) is 4.99 Å². The van der Waals surface area contributed by atoms with E-state index in [1.165, 1.54) is 4.88 Å². The first-order chi connectivity index (χ1) is 12.2. The lowest BCUT2D eigenvalue weighted by Gasteiger charge is -2.12. The van der Waals surface area contributed by atoms with Crippen LogP contribution in [0.3, 0.4) is 0 Å². The standard InChI is InChI=1S/C17H21BrN4O2S/c1-3-12-9-21-15(25-12)4-5-20-17(19-2)22-8-11-6-13(18)16-14(7-11)23-10-24-16/h6-7,9H,3-5,8,10H2,1-2H3,(H2,19,20,22). The van der Waals surface area contributed by atoms with Gasteiger partial charge in [-0.3, -0.25) is 4.99 Å². The Morgan fingerprint density at radius 2 is 2.24 bits per heavy atom. The third-order valence-corrected chi connectivity index (χ3v) is 5.54. The number of ether oxygens (including phenoxy) is 2. The summed E-state index contributed by atoms with van der Waals surface area (Å²) < 4.78 is 11.8. The summed E-state index contributed by atoms with van der Waals surface area (Å²) in [4.78, 5) is 10.0. The van der Waals surface area contributed by atoms with E-state index in [1.54, 1.807) is 18.4 Å². The molecular weight excluding hydrogens is 404 g/mol. The maximum absolute atomic E-state index is 5.45. The normalized spacial score (nSPS) is 13.2. The number of aryl methyl sites for hydroxylation is 1. The molecule has 1 aromatic heterocycles. The number of guanidine groups is 1. The van der Waals surface area contributed by atoms with Gasteiger partial charge in [-0.25, -0.2) is 4.98 Å². The van der Waals surface area contributed by atoms with Crippen molar-refractivity contribution in [3.05, 3.63) is 38.3 Å². The number of aromatic nitrogens is 1. The number of halogens is 1. The van der Waals surface area contributed by atoms with Crippen molar-refractivity contribution < 1.29 is 9.47 Å². The molecule has 0 bridgehead atoms. The van der Waals surface area contributed by atoms with Gasteiger partial charge in [0.25, 0.3) is 0 Å². The van der Waals surface area contributed by atoms with Crippen LogP contribution in [0, 0.1) is 0 Å². The predicted octanol–water partition coefficient (Wildman–Crippen LogP) is 3.10. The number of thiazole rings is 1. The molecule has 0 radical (unpaired) electrons. The zero-order valence-corrected chi connectivity index (χ0v) is 16.7. The van der Waals surface area contributed by atoms with E-state index < -0.39 is 0 Å². The van der Waals surface area contributed by atoms with E-state index in [2.05, 4.69) is 43.5 Å². The molecule has 0 saturated carbocycles. The summed E-state index contributed by atoms with van der Waals surface area (Å²) in [6.45, 7) is 3.85. The van der Waals surface area contributed by atoms with Gasteiger partial charge >= 0.3 is 0 Å². The number of fused-ring (bicyclic) bond motifs is 1. The van der Waals surface area contributed by atoms with Gasteiger partial charge in [0.15, 0.2) is 17.5 Å². The van der Waals surface area contributed by atoms with Crippen LogP contribution in [0.25, 0.3) is 0 Å². The molecule has 0 saturated heterocycles. The third-order valence-electron chi connectivity index (χ3n) is 3.75. The smallest absolute Gasteiger partial charge is 0.231 e. The van der Waals surface area contributed by atoms with Crippen molar-refractivity contribution in [1.82, 2.24) is 15.6 Å². The Labute approximate surface area is 159 Å². The van der Waals surface area contributed by atoms with Gasteiger partial charge in [0.2, 0.25) is 6.79 Å². The van der Waals surface area contributed by atoms with Crippen LogP contribution in [-0.2, 0) is 19.4 Å². The summed E-state index contributed by atoms with van der Waals surface area (Å²) in [6, 6.07) is 4.00. The molecule has 8 heteroatoms. The van der Waals surface area contributed by atoms with Gasteiger partial charge in [-0.1, -0.05) is 6.92 Å². The SMILES string of the molecule is CCc1cnc(CCNC(=NC)NCc2cc(Br)c3c(c2)OCO3)s1. The van der Waals surface area contributed by atoms with Gasteiger partial charge in [-0.15, -0.1) is 11.3 Å². The highest BCUT2D eigenvalue weighted by Gasteiger charge is 2.17. The first-order valence-electron chi connectivity index (χ1n) is 8.15. The van der Waals surface area contributed by atoms with Crippen molar-refractivity contribution in [2.75, 3.05) is 20.4 Å². The van der Waals surface area contributed by atoms with Crippen LogP contribution >= 0.6 is 27.3 Å². The largest absolute Gasteiger partial charge is 0.454 e. The maximum Gasteiger partial charge on any atom is 0.231 e. The van der Waals surface area contributed by atoms with Crippen molar-refractivity contribution in [3.8, 4) is 11.5 Å². The number of hydrogen-bond acceptors (Lipinski definition) is 5. The van der Waals surface area contributed by atoms with E-state index in [1.807, 2.05) is 18.3 Å². The monoisotopic (exact) mass is 424 g/mol. The fourth-order valence-corrected chi connectivity index (χ4v) is 3.91. The molecule has 1 aromatic carbocycles. The average molecular weight is 425 g/mol. The van der Waals surface area contributed by atoms with Crippen molar-refractivity contribution in [2.45, 2.75) is 26.3 Å². The van der Waals surface area contributed by atoms with Gasteiger partial charge in [0, 0.05) is 37.6 Å². The molecule has 1 aliphatic rings. The lowest BCUT2D eigenvalue weighted by Crippen LogP contribution is -2.37. The summed E-state index contributed by atoms with van der Waals surface area (Å²) in [6.07, 6.45) is 3.89. The van der Waals surface area contributed by atoms with Gasteiger partial charge in [-0.2, -0.15) is 0 Å². The van der Waals surface area contributed by atoms with Crippen LogP contribution < -0.4 is 20.1 Å². The van der Waals surface area contributed by atoms with Crippen LogP contribution in [0.1, 0.15) is 22.4 Å². The minimum absolute atomic E-state index is 0.268.